The van der Waals surface area contributed by atoms with Crippen molar-refractivity contribution in [3.8, 4) is 11.4 Å². The summed E-state index contributed by atoms with van der Waals surface area (Å²) < 4.78 is 19.6. The van der Waals surface area contributed by atoms with Crippen LogP contribution in [0.4, 0.5) is 5.82 Å². The maximum absolute atomic E-state index is 13.6. The van der Waals surface area contributed by atoms with E-state index in [9.17, 15) is 9.00 Å². The van der Waals surface area contributed by atoms with Crippen molar-refractivity contribution in [3.05, 3.63) is 82.5 Å². The molecule has 1 unspecified atom stereocenters. The molecule has 1 aliphatic rings. The van der Waals surface area contributed by atoms with E-state index in [4.69, 9.17) is 16.3 Å². The fraction of sp³-hybridized carbons (Fsp3) is 0.167. The topological polar surface area (TPSA) is 73.2 Å². The molecule has 162 valence electrons. The average Bonchev–Trinajstić information content (AvgIpc) is 3.30. The molecule has 0 saturated carbocycles. The zero-order chi connectivity index (χ0) is 22.2. The van der Waals surface area contributed by atoms with Crippen LogP contribution >= 0.6 is 11.6 Å². The lowest BCUT2D eigenvalue weighted by Crippen LogP contribution is -2.18. The molecule has 6 nitrogen and oxygen atoms in total. The van der Waals surface area contributed by atoms with Crippen LogP contribution in [-0.4, -0.2) is 26.5 Å². The van der Waals surface area contributed by atoms with Crippen molar-refractivity contribution < 1.29 is 13.7 Å². The first kappa shape index (κ1) is 20.7. The minimum absolute atomic E-state index is 0.311. The summed E-state index contributed by atoms with van der Waals surface area (Å²) in [6, 6.07) is 18.7. The first-order valence-electron chi connectivity index (χ1n) is 10.2. The third kappa shape index (κ3) is 3.67. The molecule has 32 heavy (non-hydrogen) atoms. The number of benzene rings is 3. The standard InChI is InChI=1S/C24H20ClN3O3S/c1-2-31-21-11-10-15-6-3-4-9-18(15)22(21)24(29)26-23-19-13-32(30)14-20(19)27-28(23)17-8-5-7-16(25)12-17/h3-12H,2,13-14H2,1H3,(H,26,29). The average molecular weight is 466 g/mol. The predicted octanol–water partition coefficient (Wildman–Crippen LogP) is 5.09. The Balaban J connectivity index is 1.63. The summed E-state index contributed by atoms with van der Waals surface area (Å²) in [6.45, 7) is 2.32. The van der Waals surface area contributed by atoms with Crippen LogP contribution in [0.15, 0.2) is 60.7 Å². The summed E-state index contributed by atoms with van der Waals surface area (Å²) in [5, 5.41) is 9.98. The van der Waals surface area contributed by atoms with E-state index in [1.807, 2.05) is 55.5 Å². The third-order valence-corrected chi connectivity index (χ3v) is 6.81. The van der Waals surface area contributed by atoms with Gasteiger partial charge in [0.2, 0.25) is 0 Å². The maximum atomic E-state index is 13.6. The van der Waals surface area contributed by atoms with Crippen LogP contribution in [0.5, 0.6) is 5.75 Å². The van der Waals surface area contributed by atoms with Crippen molar-refractivity contribution in [2.45, 2.75) is 18.4 Å². The molecular formula is C24H20ClN3O3S. The zero-order valence-electron chi connectivity index (χ0n) is 17.3. The molecule has 5 rings (SSSR count). The molecule has 2 heterocycles. The molecule has 1 N–H and O–H groups in total. The predicted molar refractivity (Wildman–Crippen MR) is 127 cm³/mol. The van der Waals surface area contributed by atoms with Gasteiger partial charge in [-0.3, -0.25) is 9.00 Å². The van der Waals surface area contributed by atoms with E-state index in [0.29, 0.717) is 40.3 Å². The maximum Gasteiger partial charge on any atom is 0.261 e. The summed E-state index contributed by atoms with van der Waals surface area (Å²) in [6.07, 6.45) is 0. The Morgan fingerprint density at radius 3 is 2.81 bits per heavy atom. The number of nitrogens with one attached hydrogen (secondary N) is 1. The normalized spacial score (nSPS) is 15.0. The number of ether oxygens (including phenoxy) is 1. The second-order valence-electron chi connectivity index (χ2n) is 7.44. The molecule has 4 aromatic rings. The third-order valence-electron chi connectivity index (χ3n) is 5.37. The van der Waals surface area contributed by atoms with Gasteiger partial charge in [-0.25, -0.2) is 4.68 Å². The Bertz CT molecular complexity index is 1380. The fourth-order valence-electron chi connectivity index (χ4n) is 3.98. The lowest BCUT2D eigenvalue weighted by molar-refractivity contribution is 0.102. The van der Waals surface area contributed by atoms with Gasteiger partial charge in [-0.15, -0.1) is 0 Å². The van der Waals surface area contributed by atoms with Crippen LogP contribution < -0.4 is 10.1 Å². The SMILES string of the molecule is CCOc1ccc2ccccc2c1C(=O)Nc1c2c(nn1-c1cccc(Cl)c1)CS(=O)C2. The van der Waals surface area contributed by atoms with Gasteiger partial charge in [0, 0.05) is 21.4 Å². The first-order chi connectivity index (χ1) is 15.5. The lowest BCUT2D eigenvalue weighted by atomic mass is 10.0. The molecule has 0 aliphatic carbocycles. The molecule has 0 radical (unpaired) electrons. The number of amides is 1. The first-order valence-corrected chi connectivity index (χ1v) is 12.1. The molecular weight excluding hydrogens is 446 g/mol. The highest BCUT2D eigenvalue weighted by atomic mass is 35.5. The second kappa shape index (κ2) is 8.41. The van der Waals surface area contributed by atoms with Gasteiger partial charge >= 0.3 is 0 Å². The molecule has 0 bridgehead atoms. The van der Waals surface area contributed by atoms with Gasteiger partial charge in [0.05, 0.1) is 35.1 Å². The number of nitrogens with zero attached hydrogens (tertiary/aromatic N) is 2. The second-order valence-corrected chi connectivity index (χ2v) is 9.33. The molecule has 1 amide bonds. The van der Waals surface area contributed by atoms with E-state index in [0.717, 1.165) is 27.7 Å². The van der Waals surface area contributed by atoms with Gasteiger partial charge in [-0.05, 0) is 42.0 Å². The quantitative estimate of drug-likeness (QED) is 0.445. The Morgan fingerprint density at radius 2 is 2.00 bits per heavy atom. The highest BCUT2D eigenvalue weighted by Crippen LogP contribution is 2.34. The van der Waals surface area contributed by atoms with Gasteiger partial charge < -0.3 is 10.1 Å². The molecule has 1 aliphatic heterocycles. The van der Waals surface area contributed by atoms with E-state index in [-0.39, 0.29) is 5.91 Å². The van der Waals surface area contributed by atoms with Crippen LogP contribution in [0.1, 0.15) is 28.5 Å². The number of anilines is 1. The number of halogens is 1. The number of aromatic nitrogens is 2. The summed E-state index contributed by atoms with van der Waals surface area (Å²) >= 11 is 6.19. The minimum atomic E-state index is -1.03. The molecule has 3 aromatic carbocycles. The molecule has 0 spiro atoms. The van der Waals surface area contributed by atoms with E-state index in [2.05, 4.69) is 10.4 Å². The largest absolute Gasteiger partial charge is 0.493 e. The van der Waals surface area contributed by atoms with Gasteiger partial charge in [0.15, 0.2) is 0 Å². The van der Waals surface area contributed by atoms with Crippen LogP contribution in [0.3, 0.4) is 0 Å². The highest BCUT2D eigenvalue weighted by molar-refractivity contribution is 7.83. The van der Waals surface area contributed by atoms with E-state index in [1.54, 1.807) is 16.8 Å². The van der Waals surface area contributed by atoms with Crippen LogP contribution in [0, 0.1) is 0 Å². The Hall–Kier alpha value is -3.16. The van der Waals surface area contributed by atoms with Crippen molar-refractivity contribution in [1.82, 2.24) is 9.78 Å². The zero-order valence-corrected chi connectivity index (χ0v) is 18.9. The lowest BCUT2D eigenvalue weighted by Gasteiger charge is -2.15. The number of fused-ring (bicyclic) bond motifs is 2. The van der Waals surface area contributed by atoms with E-state index in [1.165, 1.54) is 0 Å². The molecule has 1 atom stereocenters. The number of carbonyl (C=O) groups is 1. The summed E-state index contributed by atoms with van der Waals surface area (Å²) in [5.41, 5.74) is 2.68. The van der Waals surface area contributed by atoms with Gasteiger partial charge in [0.1, 0.15) is 11.6 Å². The van der Waals surface area contributed by atoms with Crippen LogP contribution in [0.2, 0.25) is 5.02 Å². The number of carbonyl (C=O) groups excluding carboxylic acids is 1. The fourth-order valence-corrected chi connectivity index (χ4v) is 5.43. The molecule has 8 heteroatoms. The van der Waals surface area contributed by atoms with E-state index < -0.39 is 10.8 Å². The number of rotatable bonds is 5. The van der Waals surface area contributed by atoms with Gasteiger partial charge in [0.25, 0.3) is 5.91 Å². The van der Waals surface area contributed by atoms with Crippen LogP contribution in [-0.2, 0) is 22.3 Å². The summed E-state index contributed by atoms with van der Waals surface area (Å²) in [4.78, 5) is 13.6. The Labute approximate surface area is 192 Å². The minimum Gasteiger partial charge on any atom is -0.493 e. The summed E-state index contributed by atoms with van der Waals surface area (Å²) in [5.74, 6) is 1.42. The molecule has 0 fully saturated rings. The highest BCUT2D eigenvalue weighted by Gasteiger charge is 2.29. The van der Waals surface area contributed by atoms with E-state index >= 15 is 0 Å². The summed E-state index contributed by atoms with van der Waals surface area (Å²) in [7, 11) is -1.03. The molecule has 0 saturated heterocycles. The Kier molecular flexibility index (Phi) is 5.45. The monoisotopic (exact) mass is 465 g/mol. The van der Waals surface area contributed by atoms with Crippen molar-refractivity contribution in [3.63, 3.8) is 0 Å². The van der Waals surface area contributed by atoms with Crippen molar-refractivity contribution in [2.75, 3.05) is 11.9 Å². The van der Waals surface area contributed by atoms with Crippen molar-refractivity contribution in [2.24, 2.45) is 0 Å². The van der Waals surface area contributed by atoms with Gasteiger partial charge in [-0.2, -0.15) is 5.10 Å². The van der Waals surface area contributed by atoms with Crippen molar-refractivity contribution in [1.29, 1.82) is 0 Å². The van der Waals surface area contributed by atoms with Crippen molar-refractivity contribution >= 4 is 44.9 Å². The van der Waals surface area contributed by atoms with Crippen LogP contribution in [0.25, 0.3) is 16.5 Å². The Morgan fingerprint density at radius 1 is 1.16 bits per heavy atom. The van der Waals surface area contributed by atoms with Gasteiger partial charge in [-0.1, -0.05) is 48.0 Å². The molecule has 1 aromatic heterocycles. The number of hydrogen-bond donors (Lipinski definition) is 1. The number of hydrogen-bond acceptors (Lipinski definition) is 4. The smallest absolute Gasteiger partial charge is 0.261 e.